The summed E-state index contributed by atoms with van der Waals surface area (Å²) in [5, 5.41) is 4.63. The first kappa shape index (κ1) is 11.7. The summed E-state index contributed by atoms with van der Waals surface area (Å²) in [6, 6.07) is 7.40. The zero-order valence-electron chi connectivity index (χ0n) is 9.90. The summed E-state index contributed by atoms with van der Waals surface area (Å²) in [5.41, 5.74) is 6.88. The lowest BCUT2D eigenvalue weighted by atomic mass is 9.75. The quantitative estimate of drug-likeness (QED) is 0.925. The number of aromatic nitrogens is 2. The number of hydrogen-bond acceptors (Lipinski definition) is 4. The van der Waals surface area contributed by atoms with Gasteiger partial charge < -0.3 is 10.3 Å². The van der Waals surface area contributed by atoms with Gasteiger partial charge in [-0.05, 0) is 31.4 Å². The molecule has 0 aliphatic heterocycles. The number of nitrogens with two attached hydrogens (primary N) is 1. The van der Waals surface area contributed by atoms with Crippen molar-refractivity contribution in [1.82, 2.24) is 10.1 Å². The molecule has 18 heavy (non-hydrogen) atoms. The maximum absolute atomic E-state index is 6.16. The Morgan fingerprint density at radius 2 is 2.22 bits per heavy atom. The highest BCUT2D eigenvalue weighted by Crippen LogP contribution is 2.32. The molecule has 0 amide bonds. The zero-order valence-corrected chi connectivity index (χ0v) is 10.7. The lowest BCUT2D eigenvalue weighted by molar-refractivity contribution is 0.222. The average Bonchev–Trinajstić information content (AvgIpc) is 2.75. The Labute approximate surface area is 110 Å². The fourth-order valence-electron chi connectivity index (χ4n) is 2.18. The monoisotopic (exact) mass is 263 g/mol. The highest BCUT2D eigenvalue weighted by molar-refractivity contribution is 6.30. The first-order valence-corrected chi connectivity index (χ1v) is 6.40. The second-order valence-corrected chi connectivity index (χ2v) is 5.35. The van der Waals surface area contributed by atoms with Gasteiger partial charge in [-0.3, -0.25) is 0 Å². The summed E-state index contributed by atoms with van der Waals surface area (Å²) in [6.45, 7) is 0. The molecular formula is C13H14ClN3O. The van der Waals surface area contributed by atoms with Gasteiger partial charge in [-0.2, -0.15) is 4.98 Å². The third kappa shape index (κ3) is 2.26. The summed E-state index contributed by atoms with van der Waals surface area (Å²) in [7, 11) is 0. The maximum Gasteiger partial charge on any atom is 0.228 e. The first-order chi connectivity index (χ1) is 8.65. The summed E-state index contributed by atoms with van der Waals surface area (Å²) in [5.74, 6) is 1.17. The van der Waals surface area contributed by atoms with E-state index in [0.29, 0.717) is 23.2 Å². The Bertz CT molecular complexity index is 563. The van der Waals surface area contributed by atoms with Crippen molar-refractivity contribution < 1.29 is 4.52 Å². The lowest BCUT2D eigenvalue weighted by Gasteiger charge is -2.36. The molecule has 1 fully saturated rings. The van der Waals surface area contributed by atoms with Crippen LogP contribution in [-0.2, 0) is 6.42 Å². The normalized spacial score (nSPS) is 17.4. The van der Waals surface area contributed by atoms with Gasteiger partial charge in [0.25, 0.3) is 0 Å². The molecule has 1 aromatic carbocycles. The molecule has 0 saturated heterocycles. The summed E-state index contributed by atoms with van der Waals surface area (Å²) < 4.78 is 5.25. The van der Waals surface area contributed by atoms with Gasteiger partial charge in [0.1, 0.15) is 0 Å². The maximum atomic E-state index is 6.16. The van der Waals surface area contributed by atoms with Crippen LogP contribution in [0.2, 0.25) is 5.02 Å². The minimum absolute atomic E-state index is 0.141. The van der Waals surface area contributed by atoms with Crippen molar-refractivity contribution in [2.45, 2.75) is 31.2 Å². The van der Waals surface area contributed by atoms with E-state index in [1.54, 1.807) is 0 Å². The standard InChI is InChI=1S/C13H14ClN3O/c14-10-4-1-3-9(7-10)12-16-11(18-17-12)8-13(15)5-2-6-13/h1,3-4,7H,2,5-6,8,15H2. The number of benzene rings is 1. The van der Waals surface area contributed by atoms with E-state index in [0.717, 1.165) is 18.4 Å². The molecule has 0 unspecified atom stereocenters. The summed E-state index contributed by atoms with van der Waals surface area (Å²) in [6.07, 6.45) is 3.90. The fourth-order valence-corrected chi connectivity index (χ4v) is 2.37. The molecule has 1 saturated carbocycles. The van der Waals surface area contributed by atoms with Gasteiger partial charge in [-0.15, -0.1) is 0 Å². The smallest absolute Gasteiger partial charge is 0.228 e. The van der Waals surface area contributed by atoms with Crippen molar-refractivity contribution in [2.75, 3.05) is 0 Å². The second kappa shape index (κ2) is 4.37. The number of hydrogen-bond donors (Lipinski definition) is 1. The van der Waals surface area contributed by atoms with Gasteiger partial charge in [0, 0.05) is 22.5 Å². The Balaban J connectivity index is 1.81. The van der Waals surface area contributed by atoms with Gasteiger partial charge >= 0.3 is 0 Å². The molecule has 1 aliphatic rings. The fraction of sp³-hybridized carbons (Fsp3) is 0.385. The van der Waals surface area contributed by atoms with Crippen LogP contribution in [0.25, 0.3) is 11.4 Å². The molecule has 1 heterocycles. The van der Waals surface area contributed by atoms with E-state index >= 15 is 0 Å². The van der Waals surface area contributed by atoms with Crippen molar-refractivity contribution in [3.8, 4) is 11.4 Å². The minimum Gasteiger partial charge on any atom is -0.339 e. The molecule has 0 atom stereocenters. The molecular weight excluding hydrogens is 250 g/mol. The second-order valence-electron chi connectivity index (χ2n) is 4.91. The Hall–Kier alpha value is -1.39. The van der Waals surface area contributed by atoms with Gasteiger partial charge in [-0.1, -0.05) is 28.9 Å². The van der Waals surface area contributed by atoms with Crippen LogP contribution in [0.1, 0.15) is 25.2 Å². The molecule has 94 valence electrons. The van der Waals surface area contributed by atoms with Crippen LogP contribution in [-0.4, -0.2) is 15.7 Å². The molecule has 0 radical (unpaired) electrons. The van der Waals surface area contributed by atoms with E-state index in [2.05, 4.69) is 10.1 Å². The zero-order chi connectivity index (χ0) is 12.6. The summed E-state index contributed by atoms with van der Waals surface area (Å²) in [4.78, 5) is 4.37. The molecule has 5 heteroatoms. The van der Waals surface area contributed by atoms with E-state index in [1.165, 1.54) is 6.42 Å². The van der Waals surface area contributed by atoms with Crippen molar-refractivity contribution in [3.05, 3.63) is 35.2 Å². The third-order valence-electron chi connectivity index (χ3n) is 3.40. The van der Waals surface area contributed by atoms with Crippen molar-refractivity contribution in [3.63, 3.8) is 0 Å². The highest BCUT2D eigenvalue weighted by Gasteiger charge is 2.34. The third-order valence-corrected chi connectivity index (χ3v) is 3.64. The Morgan fingerprint density at radius 3 is 2.89 bits per heavy atom. The highest BCUT2D eigenvalue weighted by atomic mass is 35.5. The van der Waals surface area contributed by atoms with E-state index < -0.39 is 0 Å². The Kier molecular flexibility index (Phi) is 2.84. The molecule has 2 aromatic rings. The van der Waals surface area contributed by atoms with Crippen molar-refractivity contribution >= 4 is 11.6 Å². The van der Waals surface area contributed by atoms with Crippen LogP contribution < -0.4 is 5.73 Å². The van der Waals surface area contributed by atoms with E-state index in [4.69, 9.17) is 21.9 Å². The van der Waals surface area contributed by atoms with Gasteiger partial charge in [0.2, 0.25) is 11.7 Å². The van der Waals surface area contributed by atoms with Crippen LogP contribution in [0.3, 0.4) is 0 Å². The summed E-state index contributed by atoms with van der Waals surface area (Å²) >= 11 is 5.93. The predicted octanol–water partition coefficient (Wildman–Crippen LogP) is 2.81. The van der Waals surface area contributed by atoms with Crippen LogP contribution >= 0.6 is 11.6 Å². The number of rotatable bonds is 3. The molecule has 1 aromatic heterocycles. The predicted molar refractivity (Wildman–Crippen MR) is 69.2 cm³/mol. The molecule has 0 bridgehead atoms. The van der Waals surface area contributed by atoms with Crippen molar-refractivity contribution in [2.24, 2.45) is 5.73 Å². The largest absolute Gasteiger partial charge is 0.339 e. The van der Waals surface area contributed by atoms with Crippen molar-refractivity contribution in [1.29, 1.82) is 0 Å². The minimum atomic E-state index is -0.141. The van der Waals surface area contributed by atoms with Crippen LogP contribution in [0.4, 0.5) is 0 Å². The molecule has 2 N–H and O–H groups in total. The lowest BCUT2D eigenvalue weighted by Crippen LogP contribution is -2.48. The molecule has 1 aliphatic carbocycles. The van der Waals surface area contributed by atoms with Gasteiger partial charge in [0.05, 0.1) is 0 Å². The number of nitrogens with zero attached hydrogens (tertiary/aromatic N) is 2. The Morgan fingerprint density at radius 1 is 1.39 bits per heavy atom. The topological polar surface area (TPSA) is 64.9 Å². The van der Waals surface area contributed by atoms with E-state index in [1.807, 2.05) is 24.3 Å². The van der Waals surface area contributed by atoms with Gasteiger partial charge in [-0.25, -0.2) is 0 Å². The van der Waals surface area contributed by atoms with E-state index in [9.17, 15) is 0 Å². The molecule has 0 spiro atoms. The van der Waals surface area contributed by atoms with Crippen LogP contribution in [0.5, 0.6) is 0 Å². The molecule has 4 nitrogen and oxygen atoms in total. The van der Waals surface area contributed by atoms with Gasteiger partial charge in [0.15, 0.2) is 0 Å². The number of halogens is 1. The first-order valence-electron chi connectivity index (χ1n) is 6.02. The van der Waals surface area contributed by atoms with Crippen LogP contribution in [0.15, 0.2) is 28.8 Å². The van der Waals surface area contributed by atoms with Crippen LogP contribution in [0, 0.1) is 0 Å². The SMILES string of the molecule is NC1(Cc2nc(-c3cccc(Cl)c3)no2)CCC1. The van der Waals surface area contributed by atoms with E-state index in [-0.39, 0.29) is 5.54 Å². The molecule has 3 rings (SSSR count). The average molecular weight is 264 g/mol.